The summed E-state index contributed by atoms with van der Waals surface area (Å²) in [6, 6.07) is 23.8. The second-order valence-corrected chi connectivity index (χ2v) is 10.4. The molecule has 40 heavy (non-hydrogen) atoms. The maximum Gasteiger partial charge on any atom is 0.408 e. The van der Waals surface area contributed by atoms with Crippen molar-refractivity contribution in [1.29, 1.82) is 5.53 Å². The zero-order valence-corrected chi connectivity index (χ0v) is 23.1. The van der Waals surface area contributed by atoms with Gasteiger partial charge >= 0.3 is 6.09 Å². The summed E-state index contributed by atoms with van der Waals surface area (Å²) in [6.45, 7) is 5.53. The number of alkyl carbamates (subject to hydrolysis) is 1. The van der Waals surface area contributed by atoms with E-state index in [9.17, 15) is 14.4 Å². The zero-order valence-electron chi connectivity index (χ0n) is 23.1. The third-order valence-corrected chi connectivity index (χ3v) is 5.83. The molecule has 0 saturated carbocycles. The first-order chi connectivity index (χ1) is 19.1. The smallest absolute Gasteiger partial charge is 0.408 e. The Bertz CT molecular complexity index is 1260. The summed E-state index contributed by atoms with van der Waals surface area (Å²) in [6.07, 6.45) is -0.374. The van der Waals surface area contributed by atoms with Crippen molar-refractivity contribution in [2.24, 2.45) is 5.11 Å². The molecule has 0 saturated heterocycles. The molecule has 0 aliphatic carbocycles. The zero-order chi connectivity index (χ0) is 29.0. The molecule has 0 aromatic heterocycles. The number of Topliss-reactive ketones (excluding diaryl/α,β-unsaturated/α-hetero) is 1. The Labute approximate surface area is 234 Å². The van der Waals surface area contributed by atoms with Crippen molar-refractivity contribution < 1.29 is 23.9 Å². The largest absolute Gasteiger partial charge is 0.488 e. The van der Waals surface area contributed by atoms with Gasteiger partial charge in [0.2, 0.25) is 5.91 Å². The van der Waals surface area contributed by atoms with Gasteiger partial charge in [-0.3, -0.25) is 9.59 Å². The van der Waals surface area contributed by atoms with E-state index in [2.05, 4.69) is 15.7 Å². The maximum atomic E-state index is 13.4. The van der Waals surface area contributed by atoms with E-state index >= 15 is 0 Å². The number of rotatable bonds is 13. The van der Waals surface area contributed by atoms with Crippen molar-refractivity contribution in [3.63, 3.8) is 0 Å². The summed E-state index contributed by atoms with van der Waals surface area (Å²) in [5, 5.41) is 8.63. The Balaban J connectivity index is 1.73. The Morgan fingerprint density at radius 2 is 1.32 bits per heavy atom. The highest BCUT2D eigenvalue weighted by molar-refractivity contribution is 5.93. The lowest BCUT2D eigenvalue weighted by Crippen LogP contribution is -2.53. The van der Waals surface area contributed by atoms with E-state index in [0.717, 1.165) is 16.7 Å². The van der Waals surface area contributed by atoms with Crippen LogP contribution in [0.3, 0.4) is 0 Å². The minimum Gasteiger partial charge on any atom is -0.488 e. The maximum absolute atomic E-state index is 13.4. The fourth-order valence-electron chi connectivity index (χ4n) is 3.95. The molecule has 2 atom stereocenters. The molecule has 0 aliphatic rings. The molecule has 0 spiro atoms. The topological polar surface area (TPSA) is 130 Å². The number of ketones is 1. The standard InChI is InChI=1S/C31H36N4O5/c1-31(2,3)40-25-16-14-23(15-17-25)18-26(28(36)20-33-32)34-29(37)27(19-22-10-6-4-7-11-22)35-30(38)39-21-24-12-8-5-9-13-24/h4-17,26-27,32H,18-21H2,1-3H3,(H,34,37)(H,35,38). The first kappa shape index (κ1) is 30.0. The van der Waals surface area contributed by atoms with Crippen LogP contribution in [0.25, 0.3) is 0 Å². The van der Waals surface area contributed by atoms with E-state index in [0.29, 0.717) is 5.75 Å². The number of hydrogen-bond donors (Lipinski definition) is 3. The molecule has 9 heteroatoms. The van der Waals surface area contributed by atoms with Crippen molar-refractivity contribution in [3.8, 4) is 5.75 Å². The van der Waals surface area contributed by atoms with Crippen LogP contribution >= 0.6 is 0 Å². The molecule has 3 rings (SSSR count). The van der Waals surface area contributed by atoms with Gasteiger partial charge in [0.15, 0.2) is 5.78 Å². The number of amides is 2. The average Bonchev–Trinajstić information content (AvgIpc) is 2.92. The highest BCUT2D eigenvalue weighted by atomic mass is 16.5. The molecule has 3 aromatic rings. The molecule has 3 N–H and O–H groups in total. The molecule has 0 aliphatic heterocycles. The quantitative estimate of drug-likeness (QED) is 0.260. The lowest BCUT2D eigenvalue weighted by molar-refractivity contribution is -0.128. The van der Waals surface area contributed by atoms with Crippen LogP contribution in [0.2, 0.25) is 0 Å². The fraction of sp³-hybridized carbons (Fsp3) is 0.323. The SMILES string of the molecule is CC(C)(C)Oc1ccc(CC(NC(=O)C(Cc2ccccc2)NC(=O)OCc2ccccc2)C(=O)CN=N)cc1. The van der Waals surface area contributed by atoms with Gasteiger partial charge in [0.1, 0.15) is 30.5 Å². The van der Waals surface area contributed by atoms with Gasteiger partial charge < -0.3 is 20.1 Å². The van der Waals surface area contributed by atoms with Gasteiger partial charge in [0.05, 0.1) is 6.04 Å². The van der Waals surface area contributed by atoms with Crippen LogP contribution in [0.4, 0.5) is 4.79 Å². The van der Waals surface area contributed by atoms with E-state index in [-0.39, 0.29) is 31.6 Å². The van der Waals surface area contributed by atoms with Crippen molar-refractivity contribution in [2.45, 2.75) is 57.9 Å². The second-order valence-electron chi connectivity index (χ2n) is 10.4. The first-order valence-corrected chi connectivity index (χ1v) is 13.1. The van der Waals surface area contributed by atoms with Gasteiger partial charge in [-0.05, 0) is 56.0 Å². The molecular weight excluding hydrogens is 508 g/mol. The molecular formula is C31H36N4O5. The van der Waals surface area contributed by atoms with Gasteiger partial charge in [-0.1, -0.05) is 72.8 Å². The van der Waals surface area contributed by atoms with Gasteiger partial charge in [-0.2, -0.15) is 5.11 Å². The molecule has 0 heterocycles. The fourth-order valence-corrected chi connectivity index (χ4v) is 3.95. The van der Waals surface area contributed by atoms with E-state index in [1.165, 1.54) is 0 Å². The summed E-state index contributed by atoms with van der Waals surface area (Å²) < 4.78 is 11.2. The highest BCUT2D eigenvalue weighted by Crippen LogP contribution is 2.19. The van der Waals surface area contributed by atoms with Crippen LogP contribution in [-0.4, -0.2) is 42.0 Å². The highest BCUT2D eigenvalue weighted by Gasteiger charge is 2.28. The molecule has 0 radical (unpaired) electrons. The van der Waals surface area contributed by atoms with Gasteiger partial charge in [-0.15, -0.1) is 0 Å². The number of benzene rings is 3. The van der Waals surface area contributed by atoms with Gasteiger partial charge in [-0.25, -0.2) is 10.3 Å². The molecule has 0 fully saturated rings. The number of carbonyl (C=O) groups is 3. The lowest BCUT2D eigenvalue weighted by Gasteiger charge is -2.23. The van der Waals surface area contributed by atoms with Crippen LogP contribution in [0.1, 0.15) is 37.5 Å². The van der Waals surface area contributed by atoms with Crippen LogP contribution in [-0.2, 0) is 33.8 Å². The number of ether oxygens (including phenoxy) is 2. The number of nitrogens with one attached hydrogen (secondary N) is 3. The summed E-state index contributed by atoms with van der Waals surface area (Å²) in [7, 11) is 0. The van der Waals surface area contributed by atoms with Crippen LogP contribution in [0, 0.1) is 5.53 Å². The van der Waals surface area contributed by atoms with E-state index in [1.807, 2.05) is 93.6 Å². The monoisotopic (exact) mass is 544 g/mol. The molecule has 0 bridgehead atoms. The van der Waals surface area contributed by atoms with E-state index < -0.39 is 29.9 Å². The molecule has 2 unspecified atom stereocenters. The third kappa shape index (κ3) is 10.3. The third-order valence-electron chi connectivity index (χ3n) is 5.83. The normalized spacial score (nSPS) is 12.5. The van der Waals surface area contributed by atoms with Crippen molar-refractivity contribution in [1.82, 2.24) is 10.6 Å². The molecule has 210 valence electrons. The van der Waals surface area contributed by atoms with E-state index in [4.69, 9.17) is 15.0 Å². The summed E-state index contributed by atoms with van der Waals surface area (Å²) in [5.41, 5.74) is 9.22. The van der Waals surface area contributed by atoms with Gasteiger partial charge in [0, 0.05) is 6.42 Å². The minimum atomic E-state index is -1.00. The number of hydrogen-bond acceptors (Lipinski definition) is 7. The second kappa shape index (κ2) is 14.6. The Hall–Kier alpha value is -4.53. The molecule has 9 nitrogen and oxygen atoms in total. The van der Waals surface area contributed by atoms with Crippen LogP contribution < -0.4 is 15.4 Å². The number of nitrogens with zero attached hydrogens (tertiary/aromatic N) is 1. The molecule has 2 amide bonds. The minimum absolute atomic E-state index is 0.0490. The Morgan fingerprint density at radius 3 is 1.90 bits per heavy atom. The molecule has 3 aromatic carbocycles. The summed E-state index contributed by atoms with van der Waals surface area (Å²) >= 11 is 0. The number of carbonyl (C=O) groups excluding carboxylic acids is 3. The summed E-state index contributed by atoms with van der Waals surface area (Å²) in [4.78, 5) is 38.9. The van der Waals surface area contributed by atoms with Gasteiger partial charge in [0.25, 0.3) is 0 Å². The predicted molar refractivity (Wildman–Crippen MR) is 151 cm³/mol. The Kier molecular flexibility index (Phi) is 10.9. The van der Waals surface area contributed by atoms with Crippen LogP contribution in [0.5, 0.6) is 5.75 Å². The predicted octanol–water partition coefficient (Wildman–Crippen LogP) is 5.03. The lowest BCUT2D eigenvalue weighted by atomic mass is 10.00. The van der Waals surface area contributed by atoms with E-state index in [1.54, 1.807) is 12.1 Å². The summed E-state index contributed by atoms with van der Waals surface area (Å²) in [5.74, 6) is -0.273. The van der Waals surface area contributed by atoms with Crippen molar-refractivity contribution in [3.05, 3.63) is 102 Å². The van der Waals surface area contributed by atoms with Crippen molar-refractivity contribution >= 4 is 17.8 Å². The van der Waals surface area contributed by atoms with Crippen molar-refractivity contribution in [2.75, 3.05) is 6.54 Å². The average molecular weight is 545 g/mol. The Morgan fingerprint density at radius 1 is 0.775 bits per heavy atom. The van der Waals surface area contributed by atoms with Crippen LogP contribution in [0.15, 0.2) is 90.0 Å². The first-order valence-electron chi connectivity index (χ1n) is 13.1.